The number of aliphatic hydroxyl groups is 2. The van der Waals surface area contributed by atoms with E-state index in [1.54, 1.807) is 0 Å². The molecule has 3 N–H and O–H groups in total. The van der Waals surface area contributed by atoms with E-state index in [1.165, 1.54) is 19.4 Å². The van der Waals surface area contributed by atoms with Gasteiger partial charge in [-0.3, -0.25) is 0 Å². The molecule has 0 amide bonds. The number of hydrogen-bond donors (Lipinski definition) is 3. The fourth-order valence-corrected chi connectivity index (χ4v) is 1.99. The lowest BCUT2D eigenvalue weighted by Gasteiger charge is -2.33. The van der Waals surface area contributed by atoms with Crippen molar-refractivity contribution >= 4 is 0 Å². The Kier molecular flexibility index (Phi) is 4.99. The van der Waals surface area contributed by atoms with Crippen molar-refractivity contribution in [3.05, 3.63) is 0 Å². The topological polar surface area (TPSA) is 55.7 Å². The molecule has 1 unspecified atom stereocenters. The van der Waals surface area contributed by atoms with Gasteiger partial charge in [0.2, 0.25) is 0 Å². The minimum atomic E-state index is -0.532. The van der Waals surface area contributed by atoms with Crippen molar-refractivity contribution in [2.75, 3.05) is 39.9 Å². The normalized spacial score (nSPS) is 24.4. The molecule has 1 aliphatic heterocycles. The first-order valence-electron chi connectivity index (χ1n) is 5.75. The minimum Gasteiger partial charge on any atom is -0.394 e. The zero-order chi connectivity index (χ0) is 11.3. The van der Waals surface area contributed by atoms with Crippen LogP contribution < -0.4 is 5.32 Å². The Labute approximate surface area is 92.3 Å². The lowest BCUT2D eigenvalue weighted by molar-refractivity contribution is 0.0942. The summed E-state index contributed by atoms with van der Waals surface area (Å²) in [5.74, 6) is 0.640. The smallest absolute Gasteiger partial charge is 0.0633 e. The van der Waals surface area contributed by atoms with Crippen LogP contribution in [0, 0.1) is 5.92 Å². The summed E-state index contributed by atoms with van der Waals surface area (Å²) in [7, 11) is 2.14. The second-order valence-electron chi connectivity index (χ2n) is 5.03. The van der Waals surface area contributed by atoms with E-state index in [0.29, 0.717) is 5.92 Å². The molecule has 0 bridgehead atoms. The lowest BCUT2D eigenvalue weighted by Crippen LogP contribution is -2.52. The molecule has 1 atom stereocenters. The number of likely N-dealkylation sites (tertiary alicyclic amines) is 1. The Balaban J connectivity index is 2.29. The molecule has 1 rings (SSSR count). The number of aliphatic hydroxyl groups excluding tert-OH is 2. The van der Waals surface area contributed by atoms with Crippen LogP contribution in [-0.4, -0.2) is 60.5 Å². The zero-order valence-corrected chi connectivity index (χ0v) is 9.87. The van der Waals surface area contributed by atoms with Crippen LogP contribution in [0.2, 0.25) is 0 Å². The molecule has 0 aromatic heterocycles. The molecule has 0 aliphatic carbocycles. The molecule has 90 valence electrons. The summed E-state index contributed by atoms with van der Waals surface area (Å²) in [5.41, 5.74) is -0.532. The summed E-state index contributed by atoms with van der Waals surface area (Å²) in [6.07, 6.45) is 2.49. The summed E-state index contributed by atoms with van der Waals surface area (Å²) >= 11 is 0. The fraction of sp³-hybridized carbons (Fsp3) is 1.00. The highest BCUT2D eigenvalue weighted by Crippen LogP contribution is 2.15. The Morgan fingerprint density at radius 3 is 2.60 bits per heavy atom. The van der Waals surface area contributed by atoms with Gasteiger partial charge in [-0.2, -0.15) is 0 Å². The van der Waals surface area contributed by atoms with Crippen molar-refractivity contribution < 1.29 is 10.2 Å². The van der Waals surface area contributed by atoms with E-state index < -0.39 is 5.54 Å². The number of piperidine rings is 1. The van der Waals surface area contributed by atoms with Crippen molar-refractivity contribution in [1.82, 2.24) is 10.2 Å². The summed E-state index contributed by atoms with van der Waals surface area (Å²) in [6, 6.07) is 0. The van der Waals surface area contributed by atoms with Crippen LogP contribution in [0.1, 0.15) is 19.8 Å². The molecule has 1 aliphatic rings. The van der Waals surface area contributed by atoms with Crippen molar-refractivity contribution in [3.8, 4) is 0 Å². The summed E-state index contributed by atoms with van der Waals surface area (Å²) in [6.45, 7) is 4.98. The lowest BCUT2D eigenvalue weighted by atomic mass is 9.96. The predicted molar refractivity (Wildman–Crippen MR) is 60.8 cm³/mol. The second-order valence-corrected chi connectivity index (χ2v) is 5.03. The predicted octanol–water partition coefficient (Wildman–Crippen LogP) is -0.339. The first-order valence-corrected chi connectivity index (χ1v) is 5.75. The van der Waals surface area contributed by atoms with Crippen LogP contribution in [0.3, 0.4) is 0 Å². The van der Waals surface area contributed by atoms with Gasteiger partial charge in [-0.15, -0.1) is 0 Å². The standard InChI is InChI=1S/C11H24N2O2/c1-11(8-14,9-15)12-6-10-4-3-5-13(2)7-10/h10,12,14-15H,3-9H2,1-2H3. The van der Waals surface area contributed by atoms with Crippen LogP contribution in [-0.2, 0) is 0 Å². The van der Waals surface area contributed by atoms with Crippen LogP contribution in [0.25, 0.3) is 0 Å². The van der Waals surface area contributed by atoms with E-state index in [0.717, 1.165) is 13.1 Å². The largest absolute Gasteiger partial charge is 0.394 e. The Bertz CT molecular complexity index is 183. The van der Waals surface area contributed by atoms with E-state index in [-0.39, 0.29) is 13.2 Å². The molecule has 1 heterocycles. The highest BCUT2D eigenvalue weighted by atomic mass is 16.3. The molecule has 0 radical (unpaired) electrons. The van der Waals surface area contributed by atoms with Gasteiger partial charge in [0.1, 0.15) is 0 Å². The van der Waals surface area contributed by atoms with E-state index in [4.69, 9.17) is 10.2 Å². The third-order valence-corrected chi connectivity index (χ3v) is 3.24. The van der Waals surface area contributed by atoms with Gasteiger partial charge in [-0.1, -0.05) is 0 Å². The van der Waals surface area contributed by atoms with Gasteiger partial charge in [0, 0.05) is 6.54 Å². The number of hydrogen-bond acceptors (Lipinski definition) is 4. The molecule has 1 fully saturated rings. The number of nitrogens with zero attached hydrogens (tertiary/aromatic N) is 1. The first kappa shape index (κ1) is 12.9. The summed E-state index contributed by atoms with van der Waals surface area (Å²) < 4.78 is 0. The third kappa shape index (κ3) is 4.07. The van der Waals surface area contributed by atoms with Crippen LogP contribution in [0.15, 0.2) is 0 Å². The zero-order valence-electron chi connectivity index (χ0n) is 9.87. The Morgan fingerprint density at radius 1 is 1.40 bits per heavy atom. The maximum Gasteiger partial charge on any atom is 0.0633 e. The maximum atomic E-state index is 9.13. The first-order chi connectivity index (χ1) is 7.09. The number of nitrogens with one attached hydrogen (secondary N) is 1. The number of rotatable bonds is 5. The molecule has 0 saturated carbocycles. The summed E-state index contributed by atoms with van der Waals surface area (Å²) in [4.78, 5) is 2.34. The highest BCUT2D eigenvalue weighted by Gasteiger charge is 2.24. The van der Waals surface area contributed by atoms with Gasteiger partial charge in [0.05, 0.1) is 18.8 Å². The third-order valence-electron chi connectivity index (χ3n) is 3.24. The van der Waals surface area contributed by atoms with E-state index in [2.05, 4.69) is 17.3 Å². The molecule has 15 heavy (non-hydrogen) atoms. The quantitative estimate of drug-likeness (QED) is 0.588. The fourth-order valence-electron chi connectivity index (χ4n) is 1.99. The van der Waals surface area contributed by atoms with Crippen molar-refractivity contribution in [2.45, 2.75) is 25.3 Å². The molecular weight excluding hydrogens is 192 g/mol. The highest BCUT2D eigenvalue weighted by molar-refractivity contribution is 4.83. The molecule has 0 spiro atoms. The minimum absolute atomic E-state index is 0.0218. The second kappa shape index (κ2) is 5.80. The van der Waals surface area contributed by atoms with Gasteiger partial charge in [-0.25, -0.2) is 0 Å². The van der Waals surface area contributed by atoms with Gasteiger partial charge in [0.25, 0.3) is 0 Å². The monoisotopic (exact) mass is 216 g/mol. The van der Waals surface area contributed by atoms with E-state index in [1.807, 2.05) is 6.92 Å². The molecular formula is C11H24N2O2. The van der Waals surface area contributed by atoms with Gasteiger partial charge < -0.3 is 20.4 Å². The Hall–Kier alpha value is -0.160. The van der Waals surface area contributed by atoms with Crippen LogP contribution in [0.4, 0.5) is 0 Å². The van der Waals surface area contributed by atoms with Crippen molar-refractivity contribution in [3.63, 3.8) is 0 Å². The molecule has 0 aromatic carbocycles. The average Bonchev–Trinajstić information content (AvgIpc) is 2.26. The molecule has 1 saturated heterocycles. The van der Waals surface area contributed by atoms with E-state index >= 15 is 0 Å². The molecule has 4 heteroatoms. The Morgan fingerprint density at radius 2 is 2.07 bits per heavy atom. The molecule has 0 aromatic rings. The average molecular weight is 216 g/mol. The summed E-state index contributed by atoms with van der Waals surface area (Å²) in [5, 5.41) is 21.5. The van der Waals surface area contributed by atoms with Gasteiger partial charge in [-0.05, 0) is 45.8 Å². The van der Waals surface area contributed by atoms with Crippen molar-refractivity contribution in [2.24, 2.45) is 5.92 Å². The molecule has 4 nitrogen and oxygen atoms in total. The van der Waals surface area contributed by atoms with E-state index in [9.17, 15) is 0 Å². The van der Waals surface area contributed by atoms with Gasteiger partial charge in [0.15, 0.2) is 0 Å². The maximum absolute atomic E-state index is 9.13. The van der Waals surface area contributed by atoms with Gasteiger partial charge >= 0.3 is 0 Å². The SMILES string of the molecule is CN1CCCC(CNC(C)(CO)CO)C1. The van der Waals surface area contributed by atoms with Crippen LogP contribution in [0.5, 0.6) is 0 Å². The van der Waals surface area contributed by atoms with Crippen LogP contribution >= 0.6 is 0 Å². The van der Waals surface area contributed by atoms with Crippen molar-refractivity contribution in [1.29, 1.82) is 0 Å².